The van der Waals surface area contributed by atoms with Crippen LogP contribution >= 0.6 is 0 Å². The number of ether oxygens (including phenoxy) is 1. The summed E-state index contributed by atoms with van der Waals surface area (Å²) >= 11 is 0. The summed E-state index contributed by atoms with van der Waals surface area (Å²) in [4.78, 5) is 12.1. The molecule has 0 saturated heterocycles. The number of carbonyl (C=O) groups is 1. The molecule has 0 aliphatic heterocycles. The maximum atomic E-state index is 12.3. The topological polar surface area (TPSA) is 125 Å². The number of methoxy groups -OCH3 is 1. The van der Waals surface area contributed by atoms with Crippen LogP contribution < -0.4 is 20.9 Å². The number of amides is 1. The first-order chi connectivity index (χ1) is 9.67. The van der Waals surface area contributed by atoms with Gasteiger partial charge in [-0.2, -0.15) is 0 Å². The Balaban J connectivity index is 3.20. The zero-order chi connectivity index (χ0) is 16.3. The molecule has 5 N–H and O–H groups in total. The predicted octanol–water partition coefficient (Wildman–Crippen LogP) is 0.799. The van der Waals surface area contributed by atoms with Gasteiger partial charge in [0, 0.05) is 0 Å². The van der Waals surface area contributed by atoms with Gasteiger partial charge in [-0.3, -0.25) is 4.79 Å². The van der Waals surface area contributed by atoms with Gasteiger partial charge >= 0.3 is 0 Å². The summed E-state index contributed by atoms with van der Waals surface area (Å²) < 4.78 is 27.9. The number of hydrogen-bond donors (Lipinski definition) is 3. The van der Waals surface area contributed by atoms with Crippen LogP contribution in [0.1, 0.15) is 26.7 Å². The van der Waals surface area contributed by atoms with Gasteiger partial charge in [-0.25, -0.2) is 13.6 Å². The maximum Gasteiger partial charge on any atom is 0.244 e. The van der Waals surface area contributed by atoms with E-state index in [0.29, 0.717) is 18.6 Å². The third-order valence-electron chi connectivity index (χ3n) is 3.46. The van der Waals surface area contributed by atoms with E-state index in [-0.39, 0.29) is 10.6 Å². The van der Waals surface area contributed by atoms with Crippen LogP contribution in [0.25, 0.3) is 0 Å². The van der Waals surface area contributed by atoms with Gasteiger partial charge in [0.25, 0.3) is 0 Å². The molecule has 0 fully saturated rings. The lowest BCUT2D eigenvalue weighted by atomic mass is 9.93. The molecule has 1 aromatic carbocycles. The molecule has 0 spiro atoms. The van der Waals surface area contributed by atoms with Crippen LogP contribution in [0.2, 0.25) is 0 Å². The van der Waals surface area contributed by atoms with Crippen molar-refractivity contribution < 1.29 is 17.9 Å². The van der Waals surface area contributed by atoms with E-state index in [4.69, 9.17) is 15.6 Å². The largest absolute Gasteiger partial charge is 0.495 e. The van der Waals surface area contributed by atoms with Gasteiger partial charge in [-0.05, 0) is 31.0 Å². The molecular formula is C13H21N3O4S. The van der Waals surface area contributed by atoms with E-state index in [1.807, 2.05) is 0 Å². The molecule has 0 unspecified atom stereocenters. The molecule has 0 bridgehead atoms. The number of primary sulfonamides is 1. The number of nitrogens with two attached hydrogens (primary N) is 2. The lowest BCUT2D eigenvalue weighted by molar-refractivity contribution is -0.121. The van der Waals surface area contributed by atoms with E-state index in [9.17, 15) is 13.2 Å². The number of nitrogens with one attached hydrogen (secondary N) is 1. The number of carbonyl (C=O) groups excluding carboxylic acids is 1. The molecule has 0 radical (unpaired) electrons. The van der Waals surface area contributed by atoms with Crippen molar-refractivity contribution in [3.63, 3.8) is 0 Å². The van der Waals surface area contributed by atoms with E-state index in [1.54, 1.807) is 13.8 Å². The maximum absolute atomic E-state index is 12.3. The van der Waals surface area contributed by atoms with Crippen molar-refractivity contribution in [1.82, 2.24) is 0 Å². The number of sulfonamides is 1. The fourth-order valence-electron chi connectivity index (χ4n) is 1.78. The normalized spacial score (nSPS) is 12.0. The van der Waals surface area contributed by atoms with Crippen LogP contribution in [0.3, 0.4) is 0 Å². The van der Waals surface area contributed by atoms with Gasteiger partial charge in [0.2, 0.25) is 15.9 Å². The van der Waals surface area contributed by atoms with Gasteiger partial charge < -0.3 is 15.8 Å². The third-order valence-corrected chi connectivity index (χ3v) is 4.37. The van der Waals surface area contributed by atoms with E-state index < -0.39 is 21.5 Å². The van der Waals surface area contributed by atoms with Crippen LogP contribution in [0.5, 0.6) is 5.75 Å². The quantitative estimate of drug-likeness (QED) is 0.716. The Labute approximate surface area is 124 Å². The van der Waals surface area contributed by atoms with Crippen LogP contribution in [-0.2, 0) is 14.8 Å². The zero-order valence-corrected chi connectivity index (χ0v) is 13.2. The summed E-state index contributed by atoms with van der Waals surface area (Å²) in [6.45, 7) is 3.61. The van der Waals surface area contributed by atoms with Crippen LogP contribution in [0.15, 0.2) is 23.1 Å². The highest BCUT2D eigenvalue weighted by molar-refractivity contribution is 7.89. The Hall–Kier alpha value is -1.64. The average molecular weight is 315 g/mol. The molecule has 7 nitrogen and oxygen atoms in total. The Morgan fingerprint density at radius 3 is 2.33 bits per heavy atom. The molecule has 1 aromatic rings. The first-order valence-corrected chi connectivity index (χ1v) is 8.03. The zero-order valence-electron chi connectivity index (χ0n) is 12.3. The standard InChI is InChI=1S/C13H21N3O4S/c1-4-13(14,5-2)12(17)16-10-8-9(21(15,18)19)6-7-11(10)20-3/h6-8H,4-5,14H2,1-3H3,(H,16,17)(H2,15,18,19). The molecule has 0 atom stereocenters. The number of hydrogen-bond acceptors (Lipinski definition) is 5. The SMILES string of the molecule is CCC(N)(CC)C(=O)Nc1cc(S(N)(=O)=O)ccc1OC. The summed E-state index contributed by atoms with van der Waals surface area (Å²) in [6.07, 6.45) is 0.902. The predicted molar refractivity (Wildman–Crippen MR) is 80.5 cm³/mol. The van der Waals surface area contributed by atoms with Crippen LogP contribution in [0, 0.1) is 0 Å². The molecule has 0 aromatic heterocycles. The second kappa shape index (κ2) is 6.42. The van der Waals surface area contributed by atoms with Gasteiger partial charge in [0.05, 0.1) is 23.2 Å². The van der Waals surface area contributed by atoms with E-state index in [0.717, 1.165) is 0 Å². The van der Waals surface area contributed by atoms with Gasteiger partial charge in [0.15, 0.2) is 0 Å². The fraction of sp³-hybridized carbons (Fsp3) is 0.462. The minimum atomic E-state index is -3.87. The molecule has 118 valence electrons. The first-order valence-electron chi connectivity index (χ1n) is 6.49. The van der Waals surface area contributed by atoms with Crippen molar-refractivity contribution >= 4 is 21.6 Å². The van der Waals surface area contributed by atoms with Crippen LogP contribution in [-0.4, -0.2) is 27.0 Å². The highest BCUT2D eigenvalue weighted by atomic mass is 32.2. The molecular weight excluding hydrogens is 294 g/mol. The Morgan fingerprint density at radius 2 is 1.90 bits per heavy atom. The first kappa shape index (κ1) is 17.4. The van der Waals surface area contributed by atoms with Crippen molar-refractivity contribution in [2.45, 2.75) is 37.1 Å². The molecule has 21 heavy (non-hydrogen) atoms. The van der Waals surface area contributed by atoms with E-state index >= 15 is 0 Å². The van der Waals surface area contributed by atoms with Crippen molar-refractivity contribution in [2.24, 2.45) is 10.9 Å². The molecule has 8 heteroatoms. The summed E-state index contributed by atoms with van der Waals surface area (Å²) in [6, 6.07) is 3.97. The molecule has 0 aliphatic carbocycles. The lowest BCUT2D eigenvalue weighted by Crippen LogP contribution is -2.50. The minimum Gasteiger partial charge on any atom is -0.495 e. The van der Waals surface area contributed by atoms with Crippen molar-refractivity contribution in [3.05, 3.63) is 18.2 Å². The highest BCUT2D eigenvalue weighted by Crippen LogP contribution is 2.28. The fourth-order valence-corrected chi connectivity index (χ4v) is 2.32. The molecule has 0 saturated carbocycles. The summed E-state index contributed by atoms with van der Waals surface area (Å²) in [5, 5.41) is 7.69. The van der Waals surface area contributed by atoms with Crippen molar-refractivity contribution in [1.29, 1.82) is 0 Å². The average Bonchev–Trinajstić information content (AvgIpc) is 2.45. The monoisotopic (exact) mass is 315 g/mol. The van der Waals surface area contributed by atoms with Gasteiger partial charge in [-0.1, -0.05) is 13.8 Å². The number of benzene rings is 1. The third kappa shape index (κ3) is 3.93. The lowest BCUT2D eigenvalue weighted by Gasteiger charge is -2.25. The van der Waals surface area contributed by atoms with Gasteiger partial charge in [-0.15, -0.1) is 0 Å². The second-order valence-electron chi connectivity index (χ2n) is 4.72. The highest BCUT2D eigenvalue weighted by Gasteiger charge is 2.30. The van der Waals surface area contributed by atoms with E-state index in [1.165, 1.54) is 25.3 Å². The molecule has 0 heterocycles. The number of anilines is 1. The Bertz CT molecular complexity index is 624. The minimum absolute atomic E-state index is 0.116. The van der Waals surface area contributed by atoms with E-state index in [2.05, 4.69) is 5.32 Å². The Morgan fingerprint density at radius 1 is 1.33 bits per heavy atom. The second-order valence-corrected chi connectivity index (χ2v) is 6.29. The molecule has 1 rings (SSSR count). The van der Waals surface area contributed by atoms with Crippen molar-refractivity contribution in [2.75, 3.05) is 12.4 Å². The van der Waals surface area contributed by atoms with Gasteiger partial charge in [0.1, 0.15) is 5.75 Å². The smallest absolute Gasteiger partial charge is 0.244 e. The summed E-state index contributed by atoms with van der Waals surface area (Å²) in [5.74, 6) is -0.0809. The summed E-state index contributed by atoms with van der Waals surface area (Å²) in [7, 11) is -2.46. The number of rotatable bonds is 6. The molecule has 1 amide bonds. The Kier molecular flexibility index (Phi) is 5.32. The molecule has 0 aliphatic rings. The van der Waals surface area contributed by atoms with Crippen molar-refractivity contribution in [3.8, 4) is 5.75 Å². The summed E-state index contributed by atoms with van der Waals surface area (Å²) in [5.41, 5.74) is 5.20. The van der Waals surface area contributed by atoms with Crippen LogP contribution in [0.4, 0.5) is 5.69 Å².